The van der Waals surface area contributed by atoms with Crippen LogP contribution in [0.15, 0.2) is 24.3 Å². The lowest BCUT2D eigenvalue weighted by Gasteiger charge is -2.33. The molecule has 0 unspecified atom stereocenters. The molecule has 1 N–H and O–H groups in total. The summed E-state index contributed by atoms with van der Waals surface area (Å²) in [5.41, 5.74) is 0.388. The first kappa shape index (κ1) is 21.5. The van der Waals surface area contributed by atoms with Crippen molar-refractivity contribution in [1.29, 1.82) is 0 Å². The summed E-state index contributed by atoms with van der Waals surface area (Å²) < 4.78 is 40.1. The number of nitrogens with zero attached hydrogens (tertiary/aromatic N) is 2. The summed E-state index contributed by atoms with van der Waals surface area (Å²) in [4.78, 5) is 26.2. The zero-order valence-corrected chi connectivity index (χ0v) is 16.5. The zero-order valence-electron chi connectivity index (χ0n) is 15.7. The Morgan fingerprint density at radius 3 is 2.52 bits per heavy atom. The summed E-state index contributed by atoms with van der Waals surface area (Å²) in [5, 5.41) is 0. The first-order valence-electron chi connectivity index (χ1n) is 8.92. The van der Waals surface area contributed by atoms with Gasteiger partial charge in [0.25, 0.3) is 10.2 Å². The van der Waals surface area contributed by atoms with Crippen LogP contribution >= 0.6 is 0 Å². The number of carbonyl (C=O) groups excluding carboxylic acids is 2. The van der Waals surface area contributed by atoms with Gasteiger partial charge in [0, 0.05) is 52.1 Å². The summed E-state index contributed by atoms with van der Waals surface area (Å²) in [6.45, 7) is 1.36. The van der Waals surface area contributed by atoms with E-state index in [1.165, 1.54) is 38.4 Å². The van der Waals surface area contributed by atoms with E-state index in [1.54, 1.807) is 4.90 Å². The molecular weight excluding hydrogens is 373 g/mol. The monoisotopic (exact) mass is 399 g/mol. The van der Waals surface area contributed by atoms with Crippen LogP contribution in [0.25, 0.3) is 0 Å². The molecule has 7 nitrogen and oxygen atoms in total. The average molecular weight is 399 g/mol. The number of hydrogen-bond acceptors (Lipinski definition) is 4. The molecule has 9 heteroatoms. The molecule has 0 saturated carbocycles. The molecular formula is C18H26FN3O4S. The van der Waals surface area contributed by atoms with Crippen LogP contribution in [0.5, 0.6) is 0 Å². The van der Waals surface area contributed by atoms with Crippen molar-refractivity contribution in [3.8, 4) is 0 Å². The van der Waals surface area contributed by atoms with Gasteiger partial charge < -0.3 is 4.90 Å². The number of halogens is 1. The van der Waals surface area contributed by atoms with Gasteiger partial charge in [-0.25, -0.2) is 9.11 Å². The van der Waals surface area contributed by atoms with E-state index in [4.69, 9.17) is 0 Å². The van der Waals surface area contributed by atoms with Crippen molar-refractivity contribution in [2.75, 3.05) is 33.7 Å². The average Bonchev–Trinajstić information content (AvgIpc) is 2.65. The summed E-state index contributed by atoms with van der Waals surface area (Å²) >= 11 is 0. The summed E-state index contributed by atoms with van der Waals surface area (Å²) in [5.74, 6) is -0.682. The molecule has 1 aromatic carbocycles. The molecule has 0 bridgehead atoms. The number of piperidine rings is 1. The molecule has 1 aromatic rings. The van der Waals surface area contributed by atoms with Gasteiger partial charge in [-0.1, -0.05) is 0 Å². The van der Waals surface area contributed by atoms with Gasteiger partial charge in [-0.3, -0.25) is 9.59 Å². The highest BCUT2D eigenvalue weighted by atomic mass is 32.2. The fraction of sp³-hybridized carbons (Fsp3) is 0.556. The van der Waals surface area contributed by atoms with Gasteiger partial charge in [0.05, 0.1) is 0 Å². The lowest BCUT2D eigenvalue weighted by atomic mass is 9.97. The molecule has 1 aliphatic heterocycles. The normalized spacial score (nSPS) is 17.9. The Bertz CT molecular complexity index is 765. The number of carbonyl (C=O) groups is 2. The lowest BCUT2D eigenvalue weighted by Crippen LogP contribution is -2.45. The molecule has 1 amide bonds. The maximum Gasteiger partial charge on any atom is 0.278 e. The summed E-state index contributed by atoms with van der Waals surface area (Å²) in [7, 11) is -0.571. The maximum absolute atomic E-state index is 12.9. The van der Waals surface area contributed by atoms with Gasteiger partial charge in [0.15, 0.2) is 5.78 Å². The van der Waals surface area contributed by atoms with Crippen LogP contribution in [-0.2, 0) is 15.0 Å². The zero-order chi connectivity index (χ0) is 20.0. The highest BCUT2D eigenvalue weighted by molar-refractivity contribution is 7.87. The quantitative estimate of drug-likeness (QED) is 0.670. The van der Waals surface area contributed by atoms with Gasteiger partial charge in [-0.05, 0) is 43.0 Å². The molecule has 1 atom stereocenters. The van der Waals surface area contributed by atoms with Crippen LogP contribution in [0.3, 0.4) is 0 Å². The van der Waals surface area contributed by atoms with E-state index in [9.17, 15) is 22.4 Å². The number of likely N-dealkylation sites (tertiary alicyclic amines) is 1. The molecule has 1 saturated heterocycles. The van der Waals surface area contributed by atoms with Gasteiger partial charge in [0.1, 0.15) is 5.82 Å². The SMILES string of the molecule is CN(C)S(=O)(=O)NC[C@@H]1CCCN(C(=O)CCC(=O)c2ccc(F)cc2)C1. The third kappa shape index (κ3) is 6.37. The van der Waals surface area contributed by atoms with E-state index in [0.717, 1.165) is 17.1 Å². The number of benzene rings is 1. The third-order valence-corrected chi connectivity index (χ3v) is 6.13. The Morgan fingerprint density at radius 2 is 1.89 bits per heavy atom. The largest absolute Gasteiger partial charge is 0.342 e. The Morgan fingerprint density at radius 1 is 1.22 bits per heavy atom. The number of hydrogen-bond donors (Lipinski definition) is 1. The molecule has 1 fully saturated rings. The Hall–Kier alpha value is -1.84. The van der Waals surface area contributed by atoms with Crippen LogP contribution in [0.1, 0.15) is 36.0 Å². The number of ketones is 1. The molecule has 0 radical (unpaired) electrons. The molecule has 1 aliphatic rings. The minimum absolute atomic E-state index is 0.0465. The lowest BCUT2D eigenvalue weighted by molar-refractivity contribution is -0.132. The second kappa shape index (κ2) is 9.38. The molecule has 2 rings (SSSR count). The molecule has 1 heterocycles. The highest BCUT2D eigenvalue weighted by Gasteiger charge is 2.25. The molecule has 0 aromatic heterocycles. The Balaban J connectivity index is 1.82. The van der Waals surface area contributed by atoms with Crippen molar-refractivity contribution in [3.05, 3.63) is 35.6 Å². The predicted molar refractivity (Wildman–Crippen MR) is 99.9 cm³/mol. The number of nitrogens with one attached hydrogen (secondary N) is 1. The van der Waals surface area contributed by atoms with Crippen molar-refractivity contribution >= 4 is 21.9 Å². The van der Waals surface area contributed by atoms with E-state index in [1.807, 2.05) is 0 Å². The van der Waals surface area contributed by atoms with Crippen LogP contribution in [0, 0.1) is 11.7 Å². The van der Waals surface area contributed by atoms with Gasteiger partial charge in [0.2, 0.25) is 5.91 Å². The smallest absolute Gasteiger partial charge is 0.278 e. The molecule has 0 aliphatic carbocycles. The first-order chi connectivity index (χ1) is 12.7. The van der Waals surface area contributed by atoms with E-state index in [0.29, 0.717) is 18.7 Å². The van der Waals surface area contributed by atoms with Crippen LogP contribution < -0.4 is 4.72 Å². The fourth-order valence-electron chi connectivity index (χ4n) is 2.97. The van der Waals surface area contributed by atoms with Crippen LogP contribution in [0.2, 0.25) is 0 Å². The number of rotatable bonds is 8. The van der Waals surface area contributed by atoms with Crippen molar-refractivity contribution in [2.24, 2.45) is 5.92 Å². The minimum Gasteiger partial charge on any atom is -0.342 e. The van der Waals surface area contributed by atoms with Crippen molar-refractivity contribution in [2.45, 2.75) is 25.7 Å². The van der Waals surface area contributed by atoms with E-state index >= 15 is 0 Å². The van der Waals surface area contributed by atoms with Crippen LogP contribution in [-0.4, -0.2) is 63.0 Å². The predicted octanol–water partition coefficient (Wildman–Crippen LogP) is 1.42. The van der Waals surface area contributed by atoms with Crippen molar-refractivity contribution in [1.82, 2.24) is 13.9 Å². The summed E-state index contributed by atoms with van der Waals surface area (Å²) in [6.07, 6.45) is 1.80. The maximum atomic E-state index is 12.9. The van der Waals surface area contributed by atoms with Crippen LogP contribution in [0.4, 0.5) is 4.39 Å². The Labute approximate surface area is 159 Å². The number of amides is 1. The topological polar surface area (TPSA) is 86.8 Å². The fourth-order valence-corrected chi connectivity index (χ4v) is 3.67. The van der Waals surface area contributed by atoms with Crippen molar-refractivity contribution < 1.29 is 22.4 Å². The number of Topliss-reactive ketones (excluding diaryl/α,β-unsaturated/α-hetero) is 1. The van der Waals surface area contributed by atoms with E-state index in [2.05, 4.69) is 4.72 Å². The Kier molecular flexibility index (Phi) is 7.46. The van der Waals surface area contributed by atoms with Crippen molar-refractivity contribution in [3.63, 3.8) is 0 Å². The third-order valence-electron chi connectivity index (χ3n) is 4.64. The second-order valence-corrected chi connectivity index (χ2v) is 8.88. The standard InChI is InChI=1S/C18H26FN3O4S/c1-21(2)27(25,26)20-12-14-4-3-11-22(13-14)18(24)10-9-17(23)15-5-7-16(19)8-6-15/h5-8,14,20H,3-4,9-13H2,1-2H3/t14-/m0/s1. The second-order valence-electron chi connectivity index (χ2n) is 6.91. The minimum atomic E-state index is -3.48. The van der Waals surface area contributed by atoms with E-state index in [-0.39, 0.29) is 37.0 Å². The highest BCUT2D eigenvalue weighted by Crippen LogP contribution is 2.18. The van der Waals surface area contributed by atoms with Gasteiger partial charge >= 0.3 is 0 Å². The molecule has 150 valence electrons. The van der Waals surface area contributed by atoms with Gasteiger partial charge in [-0.2, -0.15) is 12.7 Å². The van der Waals surface area contributed by atoms with E-state index < -0.39 is 16.0 Å². The molecule has 27 heavy (non-hydrogen) atoms. The molecule has 0 spiro atoms. The first-order valence-corrected chi connectivity index (χ1v) is 10.4. The van der Waals surface area contributed by atoms with Gasteiger partial charge in [-0.15, -0.1) is 0 Å². The summed E-state index contributed by atoms with van der Waals surface area (Å²) in [6, 6.07) is 5.27.